The Morgan fingerprint density at radius 2 is 2.00 bits per heavy atom. The Kier molecular flexibility index (Phi) is 3.67. The molecule has 0 aliphatic carbocycles. The molecule has 3 nitrogen and oxygen atoms in total. The predicted molar refractivity (Wildman–Crippen MR) is 81.9 cm³/mol. The fraction of sp³-hybridized carbons (Fsp3) is 0.267. The highest BCUT2D eigenvalue weighted by atomic mass is 35.5. The van der Waals surface area contributed by atoms with E-state index in [-0.39, 0.29) is 0 Å². The molecule has 0 atom stereocenters. The van der Waals surface area contributed by atoms with Crippen LogP contribution in [0.3, 0.4) is 0 Å². The molecule has 2 aromatic rings. The lowest BCUT2D eigenvalue weighted by molar-refractivity contribution is 0.371. The summed E-state index contributed by atoms with van der Waals surface area (Å²) in [5.74, 6) is 0.637. The van der Waals surface area contributed by atoms with Gasteiger partial charge in [-0.05, 0) is 30.7 Å². The maximum Gasteiger partial charge on any atom is 0.132 e. The first-order valence-corrected chi connectivity index (χ1v) is 6.33. The molecule has 19 heavy (non-hydrogen) atoms. The molecule has 0 unspecified atom stereocenters. The van der Waals surface area contributed by atoms with Gasteiger partial charge in [-0.15, -0.1) is 0 Å². The predicted octanol–water partition coefficient (Wildman–Crippen LogP) is 3.88. The van der Waals surface area contributed by atoms with Crippen molar-refractivity contribution in [3.8, 4) is 0 Å². The second-order valence-electron chi connectivity index (χ2n) is 4.68. The highest BCUT2D eigenvalue weighted by Gasteiger charge is 2.11. The number of hydrogen-bond acceptors (Lipinski definition) is 3. The highest BCUT2D eigenvalue weighted by Crippen LogP contribution is 2.31. The Hall–Kier alpha value is -1.74. The average Bonchev–Trinajstić information content (AvgIpc) is 2.37. The minimum absolute atomic E-state index is 0.536. The summed E-state index contributed by atoms with van der Waals surface area (Å²) in [6, 6.07) is 6.06. The Morgan fingerprint density at radius 3 is 2.58 bits per heavy atom. The van der Waals surface area contributed by atoms with Crippen molar-refractivity contribution in [3.63, 3.8) is 0 Å². The third-order valence-corrected chi connectivity index (χ3v) is 3.46. The molecule has 4 heteroatoms. The van der Waals surface area contributed by atoms with Crippen molar-refractivity contribution in [2.45, 2.75) is 6.92 Å². The smallest absolute Gasteiger partial charge is 0.132 e. The number of methoxy groups -OCH3 is 1. The SMILES string of the molecule is C=C(OC)c1cc(N(C)C)c2nc(Cl)c(C)cc2c1. The summed E-state index contributed by atoms with van der Waals surface area (Å²) in [6.07, 6.45) is 0. The first-order chi connectivity index (χ1) is 8.93. The monoisotopic (exact) mass is 276 g/mol. The van der Waals surface area contributed by atoms with Crippen LogP contribution in [0.2, 0.25) is 5.15 Å². The van der Waals surface area contributed by atoms with Crippen LogP contribution < -0.4 is 4.90 Å². The average molecular weight is 277 g/mol. The number of fused-ring (bicyclic) bond motifs is 1. The van der Waals surface area contributed by atoms with Crippen LogP contribution in [0.5, 0.6) is 0 Å². The van der Waals surface area contributed by atoms with Crippen molar-refractivity contribution in [1.29, 1.82) is 0 Å². The van der Waals surface area contributed by atoms with Crippen LogP contribution in [0.25, 0.3) is 16.7 Å². The van der Waals surface area contributed by atoms with Crippen molar-refractivity contribution in [2.75, 3.05) is 26.1 Å². The normalized spacial score (nSPS) is 10.6. The summed E-state index contributed by atoms with van der Waals surface area (Å²) < 4.78 is 5.21. The van der Waals surface area contributed by atoms with Gasteiger partial charge in [-0.2, -0.15) is 0 Å². The van der Waals surface area contributed by atoms with Crippen LogP contribution >= 0.6 is 11.6 Å². The molecule has 0 spiro atoms. The van der Waals surface area contributed by atoms with Crippen LogP contribution in [-0.2, 0) is 4.74 Å². The molecule has 2 rings (SSSR count). The van der Waals surface area contributed by atoms with Crippen molar-refractivity contribution in [2.24, 2.45) is 0 Å². The fourth-order valence-electron chi connectivity index (χ4n) is 1.97. The summed E-state index contributed by atoms with van der Waals surface area (Å²) in [6.45, 7) is 5.85. The quantitative estimate of drug-likeness (QED) is 0.628. The Labute approximate surface area is 118 Å². The van der Waals surface area contributed by atoms with Crippen LogP contribution in [0.15, 0.2) is 24.8 Å². The number of halogens is 1. The molecule has 0 bridgehead atoms. The largest absolute Gasteiger partial charge is 0.497 e. The summed E-state index contributed by atoms with van der Waals surface area (Å²) in [5.41, 5.74) is 3.78. The van der Waals surface area contributed by atoms with Crippen molar-refractivity contribution < 1.29 is 4.74 Å². The summed E-state index contributed by atoms with van der Waals surface area (Å²) >= 11 is 6.12. The molecule has 0 saturated carbocycles. The molecule has 100 valence electrons. The zero-order chi connectivity index (χ0) is 14.2. The second-order valence-corrected chi connectivity index (χ2v) is 5.04. The molecule has 0 radical (unpaired) electrons. The molecule has 1 aromatic heterocycles. The van der Waals surface area contributed by atoms with E-state index in [1.54, 1.807) is 7.11 Å². The molecule has 1 heterocycles. The van der Waals surface area contributed by atoms with Gasteiger partial charge in [-0.25, -0.2) is 4.98 Å². The van der Waals surface area contributed by atoms with E-state index < -0.39 is 0 Å². The van der Waals surface area contributed by atoms with Gasteiger partial charge in [0.25, 0.3) is 0 Å². The first-order valence-electron chi connectivity index (χ1n) is 5.95. The van der Waals surface area contributed by atoms with Crippen LogP contribution in [0.1, 0.15) is 11.1 Å². The van der Waals surface area contributed by atoms with E-state index in [0.29, 0.717) is 10.9 Å². The standard InChI is InChI=1S/C15H17ClN2O/c1-9-6-12-7-11(10(2)19-5)8-13(18(3)4)14(12)17-15(9)16/h6-8H,2H2,1,3-5H3. The minimum atomic E-state index is 0.536. The molecule has 0 saturated heterocycles. The fourth-order valence-corrected chi connectivity index (χ4v) is 2.11. The Balaban J connectivity index is 2.79. The molecule has 0 fully saturated rings. The van der Waals surface area contributed by atoms with E-state index >= 15 is 0 Å². The maximum absolute atomic E-state index is 6.12. The number of aryl methyl sites for hydroxylation is 1. The lowest BCUT2D eigenvalue weighted by atomic mass is 10.1. The highest BCUT2D eigenvalue weighted by molar-refractivity contribution is 6.30. The molecule has 0 N–H and O–H groups in total. The molecule has 1 aromatic carbocycles. The van der Waals surface area contributed by atoms with Gasteiger partial charge in [0.2, 0.25) is 0 Å². The number of ether oxygens (including phenoxy) is 1. The zero-order valence-electron chi connectivity index (χ0n) is 11.6. The summed E-state index contributed by atoms with van der Waals surface area (Å²) in [5, 5.41) is 1.57. The van der Waals surface area contributed by atoms with E-state index in [1.807, 2.05) is 44.1 Å². The van der Waals surface area contributed by atoms with Crippen molar-refractivity contribution in [1.82, 2.24) is 4.98 Å². The maximum atomic E-state index is 6.12. The van der Waals surface area contributed by atoms with Gasteiger partial charge in [0.1, 0.15) is 10.9 Å². The molecule has 0 aliphatic rings. The van der Waals surface area contributed by atoms with Gasteiger partial charge in [-0.3, -0.25) is 0 Å². The number of rotatable bonds is 3. The first kappa shape index (κ1) is 13.7. The zero-order valence-corrected chi connectivity index (χ0v) is 12.4. The lowest BCUT2D eigenvalue weighted by Gasteiger charge is -2.17. The van der Waals surface area contributed by atoms with Gasteiger partial charge in [0.15, 0.2) is 0 Å². The van der Waals surface area contributed by atoms with Gasteiger partial charge in [0, 0.05) is 25.0 Å². The van der Waals surface area contributed by atoms with Crippen LogP contribution in [0, 0.1) is 6.92 Å². The van der Waals surface area contributed by atoms with E-state index in [9.17, 15) is 0 Å². The number of hydrogen-bond donors (Lipinski definition) is 0. The number of aromatic nitrogens is 1. The third kappa shape index (κ3) is 2.51. The molecular formula is C15H17ClN2O. The number of benzene rings is 1. The lowest BCUT2D eigenvalue weighted by Crippen LogP contribution is -2.10. The Morgan fingerprint density at radius 1 is 1.32 bits per heavy atom. The molecular weight excluding hydrogens is 260 g/mol. The van der Waals surface area contributed by atoms with Gasteiger partial charge >= 0.3 is 0 Å². The van der Waals surface area contributed by atoms with Gasteiger partial charge < -0.3 is 9.64 Å². The molecule has 0 aliphatic heterocycles. The number of pyridine rings is 1. The third-order valence-electron chi connectivity index (χ3n) is 3.08. The van der Waals surface area contributed by atoms with E-state index in [0.717, 1.165) is 27.7 Å². The summed E-state index contributed by atoms with van der Waals surface area (Å²) in [7, 11) is 5.57. The van der Waals surface area contributed by atoms with Crippen molar-refractivity contribution >= 4 is 34.0 Å². The van der Waals surface area contributed by atoms with E-state index in [1.165, 1.54) is 0 Å². The number of anilines is 1. The van der Waals surface area contributed by atoms with Crippen LogP contribution in [-0.4, -0.2) is 26.2 Å². The molecule has 0 amide bonds. The van der Waals surface area contributed by atoms with E-state index in [2.05, 4.69) is 11.6 Å². The topological polar surface area (TPSA) is 25.4 Å². The van der Waals surface area contributed by atoms with Gasteiger partial charge in [0.05, 0.1) is 18.3 Å². The van der Waals surface area contributed by atoms with Crippen molar-refractivity contribution in [3.05, 3.63) is 41.1 Å². The number of nitrogens with zero attached hydrogens (tertiary/aromatic N) is 2. The van der Waals surface area contributed by atoms with E-state index in [4.69, 9.17) is 16.3 Å². The Bertz CT molecular complexity index is 650. The second kappa shape index (κ2) is 5.10. The van der Waals surface area contributed by atoms with Gasteiger partial charge in [-0.1, -0.05) is 18.2 Å². The minimum Gasteiger partial charge on any atom is -0.497 e. The van der Waals surface area contributed by atoms with Crippen LogP contribution in [0.4, 0.5) is 5.69 Å². The summed E-state index contributed by atoms with van der Waals surface area (Å²) in [4.78, 5) is 6.48.